The number of carbonyl (C=O) groups excluding carboxylic acids is 1. The fraction of sp³-hybridized carbons (Fsp3) is 0.222. The Morgan fingerprint density at radius 3 is 2.26 bits per heavy atom. The largest absolute Gasteiger partial charge is 0.480 e. The minimum atomic E-state index is -0.968. The van der Waals surface area contributed by atoms with Crippen LogP contribution in [-0.4, -0.2) is 22.1 Å². The van der Waals surface area contributed by atoms with Gasteiger partial charge in [0.15, 0.2) is 5.78 Å². The molecule has 0 fully saturated rings. The van der Waals surface area contributed by atoms with Crippen LogP contribution in [0.5, 0.6) is 0 Å². The van der Waals surface area contributed by atoms with E-state index in [0.29, 0.717) is 16.3 Å². The van der Waals surface area contributed by atoms with E-state index in [4.69, 9.17) is 11.6 Å². The Morgan fingerprint density at radius 1 is 1.09 bits per heavy atom. The number of ketones is 1. The van der Waals surface area contributed by atoms with Crippen molar-refractivity contribution in [1.82, 2.24) is 0 Å². The number of Topliss-reactive ketones (excluding diaryl/α,β-unsaturated/α-hetero) is 1. The topological polar surface area (TPSA) is 54.4 Å². The van der Waals surface area contributed by atoms with Crippen LogP contribution in [0, 0.1) is 6.92 Å². The summed E-state index contributed by atoms with van der Waals surface area (Å²) in [7, 11) is 0. The highest BCUT2D eigenvalue weighted by atomic mass is 35.5. The molecule has 120 valence electrons. The van der Waals surface area contributed by atoms with E-state index in [1.807, 2.05) is 31.2 Å². The zero-order valence-corrected chi connectivity index (χ0v) is 14.2. The summed E-state index contributed by atoms with van der Waals surface area (Å²) in [5.41, 5.74) is 2.59. The van der Waals surface area contributed by atoms with E-state index in [0.717, 1.165) is 11.1 Å². The molecule has 2 aromatic carbocycles. The summed E-state index contributed by atoms with van der Waals surface area (Å²) < 4.78 is 0. The molecule has 0 aliphatic heterocycles. The van der Waals surface area contributed by atoms with Crippen molar-refractivity contribution in [3.63, 3.8) is 0 Å². The van der Waals surface area contributed by atoms with Crippen molar-refractivity contribution in [1.29, 1.82) is 0 Å². The van der Waals surface area contributed by atoms with Crippen LogP contribution in [-0.2, 0) is 10.5 Å². The van der Waals surface area contributed by atoms with Gasteiger partial charge in [-0.2, -0.15) is 0 Å². The van der Waals surface area contributed by atoms with Gasteiger partial charge in [-0.15, -0.1) is 11.8 Å². The SMILES string of the molecule is Cc1ccc(C(=O)C[C@@H](SCc2ccc(Cl)cc2)C(=O)O)cc1. The molecule has 0 aromatic heterocycles. The molecule has 0 heterocycles. The minimum absolute atomic E-state index is 0.0172. The summed E-state index contributed by atoms with van der Waals surface area (Å²) in [4.78, 5) is 23.6. The van der Waals surface area contributed by atoms with Crippen molar-refractivity contribution in [2.24, 2.45) is 0 Å². The second-order valence-corrected chi connectivity index (χ2v) is 6.89. The van der Waals surface area contributed by atoms with Gasteiger partial charge in [0.1, 0.15) is 5.25 Å². The lowest BCUT2D eigenvalue weighted by molar-refractivity contribution is -0.136. The van der Waals surface area contributed by atoms with Crippen LogP contribution in [0.15, 0.2) is 48.5 Å². The van der Waals surface area contributed by atoms with Crippen molar-refractivity contribution in [3.05, 3.63) is 70.2 Å². The predicted octanol–water partition coefficient (Wildman–Crippen LogP) is 4.61. The summed E-state index contributed by atoms with van der Waals surface area (Å²) in [5.74, 6) is -0.597. The van der Waals surface area contributed by atoms with Gasteiger partial charge >= 0.3 is 5.97 Å². The molecule has 2 rings (SSSR count). The first-order valence-electron chi connectivity index (χ1n) is 7.14. The molecule has 0 spiro atoms. The first-order chi connectivity index (χ1) is 11.0. The maximum Gasteiger partial charge on any atom is 0.317 e. The number of hydrogen-bond donors (Lipinski definition) is 1. The van der Waals surface area contributed by atoms with E-state index in [-0.39, 0.29) is 12.2 Å². The van der Waals surface area contributed by atoms with E-state index in [1.54, 1.807) is 24.3 Å². The van der Waals surface area contributed by atoms with E-state index in [2.05, 4.69) is 0 Å². The molecule has 0 unspecified atom stereocenters. The van der Waals surface area contributed by atoms with Gasteiger partial charge in [-0.1, -0.05) is 53.6 Å². The number of carboxylic acid groups (broad SMARTS) is 1. The molecule has 3 nitrogen and oxygen atoms in total. The standard InChI is InChI=1S/C18H17ClO3S/c1-12-2-6-14(7-3-12)16(20)10-17(18(21)22)23-11-13-4-8-15(19)9-5-13/h2-9,17H,10-11H2,1H3,(H,21,22)/t17-/m1/s1. The van der Waals surface area contributed by atoms with Gasteiger partial charge in [-0.3, -0.25) is 9.59 Å². The lowest BCUT2D eigenvalue weighted by Gasteiger charge is -2.11. The molecule has 0 saturated heterocycles. The molecule has 0 radical (unpaired) electrons. The first-order valence-corrected chi connectivity index (χ1v) is 8.57. The molecule has 1 atom stereocenters. The summed E-state index contributed by atoms with van der Waals surface area (Å²) in [6.45, 7) is 1.94. The Balaban J connectivity index is 1.98. The van der Waals surface area contributed by atoms with Crippen molar-refractivity contribution in [2.75, 3.05) is 0 Å². The van der Waals surface area contributed by atoms with Gasteiger partial charge in [0, 0.05) is 22.8 Å². The average Bonchev–Trinajstić information content (AvgIpc) is 2.53. The normalized spacial score (nSPS) is 11.9. The van der Waals surface area contributed by atoms with Crippen LogP contribution in [0.2, 0.25) is 5.02 Å². The minimum Gasteiger partial charge on any atom is -0.480 e. The number of benzene rings is 2. The molecule has 0 amide bonds. The lowest BCUT2D eigenvalue weighted by Crippen LogP contribution is -2.21. The second-order valence-electron chi connectivity index (χ2n) is 5.26. The van der Waals surface area contributed by atoms with E-state index in [1.165, 1.54) is 11.8 Å². The van der Waals surface area contributed by atoms with Gasteiger partial charge in [-0.05, 0) is 24.6 Å². The monoisotopic (exact) mass is 348 g/mol. The van der Waals surface area contributed by atoms with Crippen LogP contribution in [0.25, 0.3) is 0 Å². The first kappa shape index (κ1) is 17.6. The summed E-state index contributed by atoms with van der Waals surface area (Å²) in [6.07, 6.45) is -0.0172. The highest BCUT2D eigenvalue weighted by Crippen LogP contribution is 2.23. The molecule has 1 N–H and O–H groups in total. The number of halogens is 1. The van der Waals surface area contributed by atoms with Gasteiger partial charge in [0.05, 0.1) is 0 Å². The van der Waals surface area contributed by atoms with Crippen LogP contribution in [0.3, 0.4) is 0 Å². The number of carbonyl (C=O) groups is 2. The Bertz CT molecular complexity index is 680. The zero-order chi connectivity index (χ0) is 16.8. The third kappa shape index (κ3) is 5.41. The second kappa shape index (κ2) is 8.18. The van der Waals surface area contributed by atoms with Crippen molar-refractivity contribution in [3.8, 4) is 0 Å². The number of aryl methyl sites for hydroxylation is 1. The molecule has 0 bridgehead atoms. The molecule has 23 heavy (non-hydrogen) atoms. The number of aliphatic carboxylic acids is 1. The molecule has 0 aliphatic rings. The van der Waals surface area contributed by atoms with Crippen LogP contribution in [0.4, 0.5) is 0 Å². The molecule has 2 aromatic rings. The Hall–Kier alpha value is -1.78. The number of thioether (sulfide) groups is 1. The lowest BCUT2D eigenvalue weighted by atomic mass is 10.1. The third-order valence-corrected chi connectivity index (χ3v) is 4.91. The van der Waals surface area contributed by atoms with E-state index in [9.17, 15) is 14.7 Å². The highest BCUT2D eigenvalue weighted by molar-refractivity contribution is 7.99. The molecular weight excluding hydrogens is 332 g/mol. The van der Waals surface area contributed by atoms with Gasteiger partial charge in [0.25, 0.3) is 0 Å². The quantitative estimate of drug-likeness (QED) is 0.742. The molecular formula is C18H17ClO3S. The molecule has 0 aliphatic carbocycles. The van der Waals surface area contributed by atoms with Crippen LogP contribution >= 0.6 is 23.4 Å². The Kier molecular flexibility index (Phi) is 6.25. The molecule has 0 saturated carbocycles. The summed E-state index contributed by atoms with van der Waals surface area (Å²) in [6, 6.07) is 14.4. The van der Waals surface area contributed by atoms with Crippen molar-refractivity contribution in [2.45, 2.75) is 24.3 Å². The van der Waals surface area contributed by atoms with E-state index >= 15 is 0 Å². The third-order valence-electron chi connectivity index (χ3n) is 3.38. The maximum absolute atomic E-state index is 12.2. The van der Waals surface area contributed by atoms with E-state index < -0.39 is 11.2 Å². The smallest absolute Gasteiger partial charge is 0.317 e. The summed E-state index contributed by atoms with van der Waals surface area (Å²) >= 11 is 7.08. The average molecular weight is 349 g/mol. The number of rotatable bonds is 7. The van der Waals surface area contributed by atoms with Crippen molar-refractivity contribution >= 4 is 35.1 Å². The molecule has 5 heteroatoms. The maximum atomic E-state index is 12.2. The van der Waals surface area contributed by atoms with Gasteiger partial charge < -0.3 is 5.11 Å². The zero-order valence-electron chi connectivity index (χ0n) is 12.7. The Morgan fingerprint density at radius 2 is 1.70 bits per heavy atom. The van der Waals surface area contributed by atoms with Gasteiger partial charge in [0.2, 0.25) is 0 Å². The van der Waals surface area contributed by atoms with Crippen LogP contribution < -0.4 is 0 Å². The predicted molar refractivity (Wildman–Crippen MR) is 94.3 cm³/mol. The number of carboxylic acids is 1. The Labute approximate surface area is 144 Å². The van der Waals surface area contributed by atoms with Crippen molar-refractivity contribution < 1.29 is 14.7 Å². The van der Waals surface area contributed by atoms with Gasteiger partial charge in [-0.25, -0.2) is 0 Å². The number of hydrogen-bond acceptors (Lipinski definition) is 3. The van der Waals surface area contributed by atoms with Crippen LogP contribution in [0.1, 0.15) is 27.9 Å². The fourth-order valence-corrected chi connectivity index (χ4v) is 3.14. The highest BCUT2D eigenvalue weighted by Gasteiger charge is 2.22. The summed E-state index contributed by atoms with van der Waals surface area (Å²) in [5, 5.41) is 9.22. The fourth-order valence-electron chi connectivity index (χ4n) is 2.02.